The monoisotopic (exact) mass is 546 g/mol. The Morgan fingerprint density at radius 2 is 1.40 bits per heavy atom. The van der Waals surface area contributed by atoms with Crippen LogP contribution < -0.4 is 11.1 Å². The van der Waals surface area contributed by atoms with Crippen molar-refractivity contribution in [3.63, 3.8) is 0 Å². The second-order valence-electron chi connectivity index (χ2n) is 8.45. The summed E-state index contributed by atoms with van der Waals surface area (Å²) in [5.74, 6) is -41.6. The summed E-state index contributed by atoms with van der Waals surface area (Å²) in [6, 6.07) is 0. The molecule has 2 aliphatic rings. The number of anilines is 1. The van der Waals surface area contributed by atoms with E-state index in [-0.39, 0.29) is 24.3 Å². The summed E-state index contributed by atoms with van der Waals surface area (Å²) < 4.78 is 153. The van der Waals surface area contributed by atoms with Gasteiger partial charge in [0.1, 0.15) is 5.00 Å². The minimum absolute atomic E-state index is 0.0505. The number of carbonyl (C=O) groups is 2. The first kappa shape index (κ1) is 27.5. The number of nitrogens with two attached hydrogens (primary N) is 1. The number of hydrogen-bond acceptors (Lipinski definition) is 3. The number of primary amides is 1. The van der Waals surface area contributed by atoms with E-state index in [9.17, 15) is 53.5 Å². The Balaban J connectivity index is 2.12. The van der Waals surface area contributed by atoms with E-state index in [1.807, 2.05) is 6.92 Å². The van der Waals surface area contributed by atoms with Gasteiger partial charge in [0.05, 0.1) is 5.56 Å². The van der Waals surface area contributed by atoms with Crippen LogP contribution >= 0.6 is 11.3 Å². The zero-order valence-corrected chi connectivity index (χ0v) is 18.4. The highest BCUT2D eigenvalue weighted by Gasteiger charge is 3.02. The van der Waals surface area contributed by atoms with Crippen LogP contribution in [-0.4, -0.2) is 47.1 Å². The first-order valence-electron chi connectivity index (χ1n) is 10.1. The van der Waals surface area contributed by atoms with Crippen molar-refractivity contribution in [3.8, 4) is 0 Å². The Hall–Kier alpha value is -2.13. The zero-order chi connectivity index (χ0) is 27.0. The molecule has 3 rings (SSSR count). The van der Waals surface area contributed by atoms with Crippen molar-refractivity contribution >= 4 is 28.2 Å². The fourth-order valence-electron chi connectivity index (χ4n) is 4.35. The fourth-order valence-corrected chi connectivity index (χ4v) is 5.72. The lowest BCUT2D eigenvalue weighted by Crippen LogP contribution is -2.86. The van der Waals surface area contributed by atoms with Gasteiger partial charge in [0.15, 0.2) is 0 Å². The summed E-state index contributed by atoms with van der Waals surface area (Å²) in [6.07, 6.45) is 2.33. The molecule has 1 saturated carbocycles. The number of thiophene rings is 1. The first-order valence-corrected chi connectivity index (χ1v) is 10.9. The second kappa shape index (κ2) is 7.93. The molecule has 1 fully saturated rings. The number of nitrogens with one attached hydrogen (secondary N) is 1. The highest BCUT2D eigenvalue weighted by atomic mass is 32.1. The molecular formula is C19H17F11N2O2S. The van der Waals surface area contributed by atoms with Gasteiger partial charge in [0, 0.05) is 4.88 Å². The maximum atomic E-state index is 15.0. The number of amides is 2. The zero-order valence-electron chi connectivity index (χ0n) is 17.6. The van der Waals surface area contributed by atoms with E-state index in [1.165, 1.54) is 0 Å². The SMILES string of the molecule is CCCC1CCc2c(sc(NC(=O)C3(F)C(F)(F)C(F)(F)C(F)(F)C(F)(F)C3(F)F)c2C(N)=O)C1. The van der Waals surface area contributed by atoms with Gasteiger partial charge in [-0.1, -0.05) is 19.8 Å². The van der Waals surface area contributed by atoms with Gasteiger partial charge in [-0.15, -0.1) is 11.3 Å². The molecule has 16 heteroatoms. The minimum Gasteiger partial charge on any atom is -0.365 e. The molecule has 1 unspecified atom stereocenters. The summed E-state index contributed by atoms with van der Waals surface area (Å²) in [7, 11) is 0. The van der Waals surface area contributed by atoms with Crippen LogP contribution in [0.1, 0.15) is 47.0 Å². The van der Waals surface area contributed by atoms with Gasteiger partial charge in [-0.05, 0) is 30.7 Å². The molecule has 1 aromatic rings. The van der Waals surface area contributed by atoms with Crippen LogP contribution in [0.5, 0.6) is 0 Å². The smallest absolute Gasteiger partial charge is 0.365 e. The largest absolute Gasteiger partial charge is 0.384 e. The van der Waals surface area contributed by atoms with Gasteiger partial charge in [-0.2, -0.15) is 43.9 Å². The molecule has 2 amide bonds. The number of rotatable bonds is 5. The normalized spacial score (nSPS) is 27.0. The van der Waals surface area contributed by atoms with Crippen molar-refractivity contribution in [2.45, 2.75) is 74.3 Å². The molecule has 1 aromatic heterocycles. The van der Waals surface area contributed by atoms with Crippen LogP contribution in [0, 0.1) is 5.92 Å². The molecule has 0 bridgehead atoms. The third kappa shape index (κ3) is 3.23. The molecule has 1 heterocycles. The van der Waals surface area contributed by atoms with E-state index < -0.39 is 57.7 Å². The van der Waals surface area contributed by atoms with E-state index >= 15 is 4.39 Å². The van der Waals surface area contributed by atoms with Crippen LogP contribution in [0.3, 0.4) is 0 Å². The Kier molecular flexibility index (Phi) is 6.22. The van der Waals surface area contributed by atoms with E-state index in [1.54, 1.807) is 0 Å². The topological polar surface area (TPSA) is 72.2 Å². The van der Waals surface area contributed by atoms with Crippen molar-refractivity contribution in [1.82, 2.24) is 0 Å². The maximum absolute atomic E-state index is 15.0. The van der Waals surface area contributed by atoms with Gasteiger partial charge >= 0.3 is 35.3 Å². The van der Waals surface area contributed by atoms with Gasteiger partial charge in [-0.3, -0.25) is 9.59 Å². The lowest BCUT2D eigenvalue weighted by atomic mass is 9.71. The average Bonchev–Trinajstić information content (AvgIpc) is 3.08. The van der Waals surface area contributed by atoms with Gasteiger partial charge < -0.3 is 11.1 Å². The molecule has 0 spiro atoms. The van der Waals surface area contributed by atoms with Gasteiger partial charge in [-0.25, -0.2) is 4.39 Å². The quantitative estimate of drug-likeness (QED) is 0.473. The Morgan fingerprint density at radius 3 is 1.86 bits per heavy atom. The van der Waals surface area contributed by atoms with Crippen LogP contribution in [-0.2, 0) is 17.6 Å². The molecule has 0 aliphatic heterocycles. The first-order chi connectivity index (χ1) is 15.7. The third-order valence-electron chi connectivity index (χ3n) is 6.29. The van der Waals surface area contributed by atoms with Crippen molar-refractivity contribution in [2.75, 3.05) is 5.32 Å². The van der Waals surface area contributed by atoms with Crippen LogP contribution in [0.25, 0.3) is 0 Å². The number of fused-ring (bicyclic) bond motifs is 1. The summed E-state index contributed by atoms with van der Waals surface area (Å²) >= 11 is 0.398. The molecule has 4 nitrogen and oxygen atoms in total. The number of halogens is 11. The van der Waals surface area contributed by atoms with Gasteiger partial charge in [0.25, 0.3) is 11.8 Å². The Labute approximate surface area is 194 Å². The highest BCUT2D eigenvalue weighted by Crippen LogP contribution is 2.69. The van der Waals surface area contributed by atoms with Crippen molar-refractivity contribution in [2.24, 2.45) is 11.7 Å². The summed E-state index contributed by atoms with van der Waals surface area (Å²) in [5.41, 5.74) is -2.15. The molecule has 198 valence electrons. The summed E-state index contributed by atoms with van der Waals surface area (Å²) in [4.78, 5) is 24.5. The predicted molar refractivity (Wildman–Crippen MR) is 100 cm³/mol. The van der Waals surface area contributed by atoms with Crippen LogP contribution in [0.15, 0.2) is 0 Å². The summed E-state index contributed by atoms with van der Waals surface area (Å²) in [6.45, 7) is 1.87. The van der Waals surface area contributed by atoms with Gasteiger partial charge in [0.2, 0.25) is 0 Å². The Morgan fingerprint density at radius 1 is 0.914 bits per heavy atom. The Bertz CT molecular complexity index is 1020. The number of alkyl halides is 11. The lowest BCUT2D eigenvalue weighted by molar-refractivity contribution is -0.475. The highest BCUT2D eigenvalue weighted by molar-refractivity contribution is 7.17. The predicted octanol–water partition coefficient (Wildman–Crippen LogP) is 5.59. The van der Waals surface area contributed by atoms with E-state index in [2.05, 4.69) is 0 Å². The standard InChI is InChI=1S/C19H17F11N2O2S/c1-2-3-7-4-5-8-9(6-7)35-12(10(8)11(31)33)32-13(34)14(20)15(21,22)17(25,26)19(29,30)18(27,28)16(14,23)24/h7H,2-6H2,1H3,(H2,31,33)(H,32,34). The maximum Gasteiger partial charge on any atom is 0.384 e. The molecule has 0 aromatic carbocycles. The van der Waals surface area contributed by atoms with Crippen molar-refractivity contribution in [3.05, 3.63) is 16.0 Å². The average molecular weight is 546 g/mol. The number of carbonyl (C=O) groups excluding carboxylic acids is 2. The van der Waals surface area contributed by atoms with E-state index in [4.69, 9.17) is 5.73 Å². The molecule has 0 radical (unpaired) electrons. The fraction of sp³-hybridized carbons (Fsp3) is 0.684. The number of hydrogen-bond donors (Lipinski definition) is 2. The van der Waals surface area contributed by atoms with E-state index in [0.717, 1.165) is 11.7 Å². The van der Waals surface area contributed by atoms with Crippen molar-refractivity contribution in [1.29, 1.82) is 0 Å². The van der Waals surface area contributed by atoms with Crippen molar-refractivity contribution < 1.29 is 57.9 Å². The molecule has 35 heavy (non-hydrogen) atoms. The molecule has 0 saturated heterocycles. The molecule has 1 atom stereocenters. The molecule has 3 N–H and O–H groups in total. The van der Waals surface area contributed by atoms with Crippen LogP contribution in [0.4, 0.5) is 53.3 Å². The molecule has 2 aliphatic carbocycles. The third-order valence-corrected chi connectivity index (χ3v) is 7.46. The molecular weight excluding hydrogens is 529 g/mol. The van der Waals surface area contributed by atoms with Crippen LogP contribution in [0.2, 0.25) is 0 Å². The minimum atomic E-state index is -7.43. The lowest BCUT2D eigenvalue weighted by Gasteiger charge is -2.51. The second-order valence-corrected chi connectivity index (χ2v) is 9.56. The van der Waals surface area contributed by atoms with E-state index in [0.29, 0.717) is 29.1 Å². The summed E-state index contributed by atoms with van der Waals surface area (Å²) in [5, 5.41) is 0.119.